The van der Waals surface area contributed by atoms with Gasteiger partial charge in [0.15, 0.2) is 4.80 Å². The molecule has 216 valence electrons. The van der Waals surface area contributed by atoms with Crippen molar-refractivity contribution in [2.45, 2.75) is 39.3 Å². The number of thiazole rings is 1. The van der Waals surface area contributed by atoms with Crippen molar-refractivity contribution in [1.29, 1.82) is 0 Å². The number of ether oxygens (including phenoxy) is 3. The lowest BCUT2D eigenvalue weighted by Crippen LogP contribution is -2.40. The van der Waals surface area contributed by atoms with Crippen LogP contribution in [0.4, 0.5) is 0 Å². The highest BCUT2D eigenvalue weighted by atomic mass is 35.5. The zero-order valence-corrected chi connectivity index (χ0v) is 25.2. The Labute approximate surface area is 253 Å². The molecule has 0 spiro atoms. The van der Waals surface area contributed by atoms with E-state index in [4.69, 9.17) is 30.8 Å². The smallest absolute Gasteiger partial charge is 0.338 e. The summed E-state index contributed by atoms with van der Waals surface area (Å²) in [5.74, 6) is 0.845. The first kappa shape index (κ1) is 29.4. The van der Waals surface area contributed by atoms with Gasteiger partial charge in [0, 0.05) is 10.6 Å². The average molecular weight is 603 g/mol. The molecule has 0 bridgehead atoms. The number of benzene rings is 3. The molecule has 9 heteroatoms. The maximum Gasteiger partial charge on any atom is 0.338 e. The summed E-state index contributed by atoms with van der Waals surface area (Å²) in [6.45, 7) is 4.36. The van der Waals surface area contributed by atoms with Crippen molar-refractivity contribution < 1.29 is 19.0 Å². The van der Waals surface area contributed by atoms with Crippen molar-refractivity contribution in [3.63, 3.8) is 0 Å². The van der Waals surface area contributed by atoms with E-state index < -0.39 is 12.0 Å². The first-order chi connectivity index (χ1) is 20.4. The molecule has 5 rings (SSSR count). The van der Waals surface area contributed by atoms with E-state index in [2.05, 4.69) is 0 Å². The molecule has 0 N–H and O–H groups in total. The normalized spacial score (nSPS) is 14.8. The molecule has 3 aromatic carbocycles. The third-order valence-corrected chi connectivity index (χ3v) is 8.18. The van der Waals surface area contributed by atoms with Crippen LogP contribution in [0.1, 0.15) is 49.4 Å². The van der Waals surface area contributed by atoms with E-state index in [0.29, 0.717) is 50.2 Å². The van der Waals surface area contributed by atoms with Gasteiger partial charge in [0.25, 0.3) is 5.56 Å². The summed E-state index contributed by atoms with van der Waals surface area (Å²) >= 11 is 7.54. The first-order valence-electron chi connectivity index (χ1n) is 13.8. The average Bonchev–Trinajstić information content (AvgIpc) is 3.31. The Morgan fingerprint density at radius 2 is 1.83 bits per heavy atom. The quantitative estimate of drug-likeness (QED) is 0.214. The number of aromatic nitrogens is 1. The molecule has 1 unspecified atom stereocenters. The molecule has 0 amide bonds. The molecular weight excluding hydrogens is 572 g/mol. The van der Waals surface area contributed by atoms with Crippen molar-refractivity contribution in [3.05, 3.63) is 125 Å². The van der Waals surface area contributed by atoms with Crippen molar-refractivity contribution in [2.75, 3.05) is 13.7 Å². The van der Waals surface area contributed by atoms with Gasteiger partial charge < -0.3 is 14.2 Å². The number of carbonyl (C=O) groups is 1. The number of halogens is 1. The fourth-order valence-electron chi connectivity index (χ4n) is 4.84. The number of rotatable bonds is 10. The third kappa shape index (κ3) is 6.20. The summed E-state index contributed by atoms with van der Waals surface area (Å²) in [6, 6.07) is 21.8. The van der Waals surface area contributed by atoms with Gasteiger partial charge in [0.2, 0.25) is 0 Å². The van der Waals surface area contributed by atoms with Gasteiger partial charge >= 0.3 is 5.97 Å². The number of fused-ring (bicyclic) bond motifs is 1. The summed E-state index contributed by atoms with van der Waals surface area (Å²) in [6.07, 6.45) is 3.19. The van der Waals surface area contributed by atoms with Gasteiger partial charge in [0.05, 0.1) is 35.6 Å². The Hall–Kier alpha value is -4.14. The monoisotopic (exact) mass is 602 g/mol. The van der Waals surface area contributed by atoms with Crippen LogP contribution in [0.2, 0.25) is 5.02 Å². The second-order valence-electron chi connectivity index (χ2n) is 9.64. The van der Waals surface area contributed by atoms with Gasteiger partial charge in [-0.2, -0.15) is 0 Å². The number of methoxy groups -OCH3 is 1. The SMILES string of the molecule is CCCC1=C(C(=O)OCC)C(c2cccc(OC)c2)n2c(s/c(=C\c3ccc(OCc4ccccc4Cl)cc3)c2=O)=N1. The van der Waals surface area contributed by atoms with Gasteiger partial charge in [-0.25, -0.2) is 9.79 Å². The van der Waals surface area contributed by atoms with E-state index in [1.54, 1.807) is 18.6 Å². The van der Waals surface area contributed by atoms with Crippen LogP contribution in [0, 0.1) is 0 Å². The topological polar surface area (TPSA) is 79.1 Å². The fraction of sp³-hybridized carbons (Fsp3) is 0.242. The second-order valence-corrected chi connectivity index (χ2v) is 11.1. The molecule has 0 saturated carbocycles. The molecule has 0 aliphatic carbocycles. The molecule has 0 fully saturated rings. The second kappa shape index (κ2) is 13.2. The lowest BCUT2D eigenvalue weighted by molar-refractivity contribution is -0.139. The minimum Gasteiger partial charge on any atom is -0.497 e. The van der Waals surface area contributed by atoms with Crippen LogP contribution in [0.25, 0.3) is 6.08 Å². The molecule has 1 aromatic heterocycles. The maximum atomic E-state index is 13.9. The summed E-state index contributed by atoms with van der Waals surface area (Å²) in [5.41, 5.74) is 3.26. The minimum absolute atomic E-state index is 0.217. The summed E-state index contributed by atoms with van der Waals surface area (Å²) < 4.78 is 18.9. The van der Waals surface area contributed by atoms with Crippen LogP contribution >= 0.6 is 22.9 Å². The molecule has 1 aliphatic heterocycles. The zero-order chi connectivity index (χ0) is 29.6. The van der Waals surface area contributed by atoms with Gasteiger partial charge in [-0.15, -0.1) is 0 Å². The van der Waals surface area contributed by atoms with Crippen LogP contribution in [0.15, 0.2) is 93.9 Å². The zero-order valence-electron chi connectivity index (χ0n) is 23.6. The molecule has 42 heavy (non-hydrogen) atoms. The lowest BCUT2D eigenvalue weighted by Gasteiger charge is -2.26. The molecule has 1 atom stereocenters. The predicted molar refractivity (Wildman–Crippen MR) is 165 cm³/mol. The van der Waals surface area contributed by atoms with E-state index in [-0.39, 0.29) is 12.2 Å². The number of carbonyl (C=O) groups excluding carboxylic acids is 1. The van der Waals surface area contributed by atoms with Crippen molar-refractivity contribution in [3.8, 4) is 11.5 Å². The standard InChI is InChI=1S/C33H31ClN2O5S/c1-4-9-27-29(32(38)40-5-2)30(22-11-8-12-25(19-22)39-3)36-31(37)28(42-33(36)35-27)18-21-14-16-24(17-15-21)41-20-23-10-6-7-13-26(23)34/h6-8,10-19,30H,4-5,9,20H2,1-3H3/b28-18-. The number of allylic oxidation sites excluding steroid dienone is 1. The summed E-state index contributed by atoms with van der Waals surface area (Å²) in [4.78, 5) is 32.6. The van der Waals surface area contributed by atoms with Crippen molar-refractivity contribution in [1.82, 2.24) is 4.57 Å². The van der Waals surface area contributed by atoms with Crippen LogP contribution in [0.3, 0.4) is 0 Å². The largest absolute Gasteiger partial charge is 0.497 e. The van der Waals surface area contributed by atoms with E-state index in [1.165, 1.54) is 11.3 Å². The van der Waals surface area contributed by atoms with Gasteiger partial charge in [-0.05, 0) is 60.9 Å². The number of hydrogen-bond acceptors (Lipinski definition) is 7. The highest BCUT2D eigenvalue weighted by molar-refractivity contribution is 7.07. The van der Waals surface area contributed by atoms with Crippen LogP contribution < -0.4 is 24.4 Å². The predicted octanol–water partition coefficient (Wildman–Crippen LogP) is 5.82. The van der Waals surface area contributed by atoms with E-state index in [9.17, 15) is 9.59 Å². The fourth-order valence-corrected chi connectivity index (χ4v) is 6.05. The number of nitrogens with zero attached hydrogens (tertiary/aromatic N) is 2. The summed E-state index contributed by atoms with van der Waals surface area (Å²) in [7, 11) is 1.59. The third-order valence-electron chi connectivity index (χ3n) is 6.83. The van der Waals surface area contributed by atoms with E-state index in [1.807, 2.05) is 85.8 Å². The lowest BCUT2D eigenvalue weighted by atomic mass is 9.94. The molecule has 4 aromatic rings. The van der Waals surface area contributed by atoms with E-state index >= 15 is 0 Å². The summed E-state index contributed by atoms with van der Waals surface area (Å²) in [5, 5.41) is 0.657. The van der Waals surface area contributed by atoms with Crippen LogP contribution in [0.5, 0.6) is 11.5 Å². The van der Waals surface area contributed by atoms with Gasteiger partial charge in [0.1, 0.15) is 18.1 Å². The maximum absolute atomic E-state index is 13.9. The van der Waals surface area contributed by atoms with Gasteiger partial charge in [-0.3, -0.25) is 9.36 Å². The van der Waals surface area contributed by atoms with Crippen LogP contribution in [-0.4, -0.2) is 24.3 Å². The van der Waals surface area contributed by atoms with Crippen molar-refractivity contribution >= 4 is 35.0 Å². The molecule has 0 radical (unpaired) electrons. The number of esters is 1. The number of hydrogen-bond donors (Lipinski definition) is 0. The molecule has 2 heterocycles. The molecule has 7 nitrogen and oxygen atoms in total. The Morgan fingerprint density at radius 3 is 2.55 bits per heavy atom. The Balaban J connectivity index is 1.55. The molecule has 0 saturated heterocycles. The van der Waals surface area contributed by atoms with Crippen LogP contribution in [-0.2, 0) is 16.1 Å². The first-order valence-corrected chi connectivity index (χ1v) is 14.9. The Morgan fingerprint density at radius 1 is 1.05 bits per heavy atom. The van der Waals surface area contributed by atoms with Crippen molar-refractivity contribution in [2.24, 2.45) is 4.99 Å². The molecule has 1 aliphatic rings. The molecular formula is C33H31ClN2O5S. The highest BCUT2D eigenvalue weighted by Crippen LogP contribution is 2.34. The van der Waals surface area contributed by atoms with E-state index in [0.717, 1.165) is 23.1 Å². The van der Waals surface area contributed by atoms with Gasteiger partial charge in [-0.1, -0.05) is 78.7 Å². The Kier molecular flexibility index (Phi) is 9.25. The highest BCUT2D eigenvalue weighted by Gasteiger charge is 2.34. The Bertz CT molecular complexity index is 1810. The minimum atomic E-state index is -0.695.